The van der Waals surface area contributed by atoms with E-state index < -0.39 is 19.9 Å². The SMILES string of the molecule is CCCCCCCCCCCCCCCCCCC(=O)OC(COC(=O)CCCCCCCCCCCCCC)COP(=O)(O)OCC. The van der Waals surface area contributed by atoms with Crippen LogP contribution >= 0.6 is 7.82 Å². The normalized spacial score (nSPS) is 13.3. The van der Waals surface area contributed by atoms with Gasteiger partial charge in [-0.3, -0.25) is 18.6 Å². The first-order valence-electron chi connectivity index (χ1n) is 20.3. The number of ether oxygens (including phenoxy) is 2. The Balaban J connectivity index is 4.07. The molecule has 0 saturated heterocycles. The molecule has 0 aliphatic carbocycles. The smallest absolute Gasteiger partial charge is 0.462 e. The van der Waals surface area contributed by atoms with Gasteiger partial charge in [-0.1, -0.05) is 181 Å². The number of phosphoric ester groups is 1. The van der Waals surface area contributed by atoms with Crippen molar-refractivity contribution in [3.63, 3.8) is 0 Å². The molecule has 0 rings (SSSR count). The topological polar surface area (TPSA) is 108 Å². The monoisotopic (exact) mass is 705 g/mol. The van der Waals surface area contributed by atoms with Crippen LogP contribution < -0.4 is 0 Å². The van der Waals surface area contributed by atoms with E-state index in [4.69, 9.17) is 18.5 Å². The highest BCUT2D eigenvalue weighted by atomic mass is 31.2. The maximum atomic E-state index is 12.5. The minimum Gasteiger partial charge on any atom is -0.462 e. The predicted molar refractivity (Wildman–Crippen MR) is 198 cm³/mol. The molecule has 0 aromatic carbocycles. The Morgan fingerprint density at radius 3 is 1.17 bits per heavy atom. The van der Waals surface area contributed by atoms with Crippen LogP contribution in [0.2, 0.25) is 0 Å². The fraction of sp³-hybridized carbons (Fsp3) is 0.949. The molecule has 1 N–H and O–H groups in total. The Morgan fingerprint density at radius 2 is 0.812 bits per heavy atom. The molecule has 0 spiro atoms. The van der Waals surface area contributed by atoms with Gasteiger partial charge in [0.2, 0.25) is 0 Å². The van der Waals surface area contributed by atoms with Crippen LogP contribution in [0.5, 0.6) is 0 Å². The lowest BCUT2D eigenvalue weighted by Gasteiger charge is -2.19. The summed E-state index contributed by atoms with van der Waals surface area (Å²) in [4.78, 5) is 34.6. The standard InChI is InChI=1S/C39H77O8P/c1-4-7-9-11-13-15-17-19-20-21-22-24-26-28-30-32-34-39(41)47-37(36-46-48(42,43)45-6-3)35-44-38(40)33-31-29-27-25-23-18-16-14-12-10-8-5-2/h37H,4-36H2,1-3H3,(H,42,43). The minimum absolute atomic E-state index is 0.00548. The van der Waals surface area contributed by atoms with Gasteiger partial charge in [0.1, 0.15) is 6.61 Å². The molecule has 0 bridgehead atoms. The van der Waals surface area contributed by atoms with Gasteiger partial charge in [0, 0.05) is 12.8 Å². The number of phosphoric acid groups is 1. The highest BCUT2D eigenvalue weighted by Crippen LogP contribution is 2.43. The Labute approximate surface area is 296 Å². The zero-order chi connectivity index (χ0) is 35.4. The number of carbonyl (C=O) groups is 2. The van der Waals surface area contributed by atoms with Crippen molar-refractivity contribution < 1.29 is 37.6 Å². The second-order valence-corrected chi connectivity index (χ2v) is 15.1. The average Bonchev–Trinajstić information content (AvgIpc) is 3.06. The summed E-state index contributed by atoms with van der Waals surface area (Å²) in [6.45, 7) is 5.50. The lowest BCUT2D eigenvalue weighted by atomic mass is 10.0. The van der Waals surface area contributed by atoms with Gasteiger partial charge < -0.3 is 14.4 Å². The second kappa shape index (κ2) is 35.9. The first kappa shape index (κ1) is 47.0. The van der Waals surface area contributed by atoms with Crippen molar-refractivity contribution >= 4 is 19.8 Å². The summed E-state index contributed by atoms with van der Waals surface area (Å²) >= 11 is 0. The number of unbranched alkanes of at least 4 members (excludes halogenated alkanes) is 26. The maximum Gasteiger partial charge on any atom is 0.472 e. The molecule has 0 heterocycles. The van der Waals surface area contributed by atoms with E-state index in [0.717, 1.165) is 38.5 Å². The van der Waals surface area contributed by atoms with Crippen LogP contribution in [0.3, 0.4) is 0 Å². The van der Waals surface area contributed by atoms with Crippen LogP contribution in [0.4, 0.5) is 0 Å². The molecule has 0 aliphatic rings. The highest BCUT2D eigenvalue weighted by molar-refractivity contribution is 7.47. The summed E-state index contributed by atoms with van der Waals surface area (Å²) in [5, 5.41) is 0. The third-order valence-electron chi connectivity index (χ3n) is 8.91. The molecular weight excluding hydrogens is 627 g/mol. The van der Waals surface area contributed by atoms with E-state index in [1.54, 1.807) is 6.92 Å². The van der Waals surface area contributed by atoms with Gasteiger partial charge in [-0.25, -0.2) is 4.57 Å². The van der Waals surface area contributed by atoms with E-state index in [2.05, 4.69) is 13.8 Å². The lowest BCUT2D eigenvalue weighted by Crippen LogP contribution is -2.29. The quantitative estimate of drug-likeness (QED) is 0.0384. The first-order valence-corrected chi connectivity index (χ1v) is 21.8. The van der Waals surface area contributed by atoms with Crippen LogP contribution in [-0.2, 0) is 32.7 Å². The Morgan fingerprint density at radius 1 is 0.479 bits per heavy atom. The molecule has 0 saturated carbocycles. The van der Waals surface area contributed by atoms with Crippen LogP contribution in [0.15, 0.2) is 0 Å². The minimum atomic E-state index is -4.27. The largest absolute Gasteiger partial charge is 0.472 e. The number of esters is 2. The van der Waals surface area contributed by atoms with Crippen molar-refractivity contribution in [2.75, 3.05) is 19.8 Å². The van der Waals surface area contributed by atoms with Crippen molar-refractivity contribution in [2.45, 2.75) is 219 Å². The van der Waals surface area contributed by atoms with Crippen LogP contribution in [-0.4, -0.2) is 42.8 Å². The number of carbonyl (C=O) groups excluding carboxylic acids is 2. The molecule has 286 valence electrons. The van der Waals surface area contributed by atoms with E-state index in [-0.39, 0.29) is 32.2 Å². The van der Waals surface area contributed by atoms with E-state index in [0.29, 0.717) is 6.42 Å². The van der Waals surface area contributed by atoms with Gasteiger partial charge in [0.05, 0.1) is 13.2 Å². The molecule has 9 heteroatoms. The van der Waals surface area contributed by atoms with Crippen molar-refractivity contribution in [2.24, 2.45) is 0 Å². The molecule has 8 nitrogen and oxygen atoms in total. The Kier molecular flexibility index (Phi) is 35.2. The van der Waals surface area contributed by atoms with Crippen LogP contribution in [0.1, 0.15) is 213 Å². The molecule has 2 unspecified atom stereocenters. The van der Waals surface area contributed by atoms with Crippen LogP contribution in [0, 0.1) is 0 Å². The van der Waals surface area contributed by atoms with Gasteiger partial charge in [0.25, 0.3) is 0 Å². The number of hydrogen-bond donors (Lipinski definition) is 1. The van der Waals surface area contributed by atoms with E-state index >= 15 is 0 Å². The third-order valence-corrected chi connectivity index (χ3v) is 9.97. The summed E-state index contributed by atoms with van der Waals surface area (Å²) in [6.07, 6.45) is 34.3. The molecule has 48 heavy (non-hydrogen) atoms. The molecule has 0 fully saturated rings. The lowest BCUT2D eigenvalue weighted by molar-refractivity contribution is -0.161. The maximum absolute atomic E-state index is 12.5. The summed E-state index contributed by atoms with van der Waals surface area (Å²) < 4.78 is 32.6. The van der Waals surface area contributed by atoms with Crippen LogP contribution in [0.25, 0.3) is 0 Å². The van der Waals surface area contributed by atoms with Crippen molar-refractivity contribution in [3.05, 3.63) is 0 Å². The van der Waals surface area contributed by atoms with Gasteiger partial charge in [-0.05, 0) is 19.8 Å². The Bertz CT molecular complexity index is 762. The molecule has 2 atom stereocenters. The van der Waals surface area contributed by atoms with Gasteiger partial charge >= 0.3 is 19.8 Å². The van der Waals surface area contributed by atoms with Crippen molar-refractivity contribution in [1.82, 2.24) is 0 Å². The molecule has 0 aliphatic heterocycles. The number of hydrogen-bond acceptors (Lipinski definition) is 7. The molecule has 0 amide bonds. The highest BCUT2D eigenvalue weighted by Gasteiger charge is 2.25. The zero-order valence-electron chi connectivity index (χ0n) is 31.7. The summed E-state index contributed by atoms with van der Waals surface area (Å²) in [7, 11) is -4.27. The van der Waals surface area contributed by atoms with E-state index in [9.17, 15) is 19.0 Å². The molecule has 0 aromatic heterocycles. The number of rotatable bonds is 38. The first-order chi connectivity index (χ1) is 23.3. The van der Waals surface area contributed by atoms with E-state index in [1.165, 1.54) is 141 Å². The summed E-state index contributed by atoms with van der Waals surface area (Å²) in [6, 6.07) is 0. The third kappa shape index (κ3) is 34.9. The van der Waals surface area contributed by atoms with E-state index in [1.807, 2.05) is 0 Å². The van der Waals surface area contributed by atoms with Gasteiger partial charge in [0.15, 0.2) is 6.10 Å². The molecule has 0 aromatic rings. The fourth-order valence-electron chi connectivity index (χ4n) is 5.92. The summed E-state index contributed by atoms with van der Waals surface area (Å²) in [5.74, 6) is -0.784. The zero-order valence-corrected chi connectivity index (χ0v) is 32.6. The average molecular weight is 705 g/mol. The predicted octanol–water partition coefficient (Wildman–Crippen LogP) is 12.3. The van der Waals surface area contributed by atoms with Gasteiger partial charge in [-0.15, -0.1) is 0 Å². The Hall–Kier alpha value is -0.950. The van der Waals surface area contributed by atoms with Gasteiger partial charge in [-0.2, -0.15) is 0 Å². The van der Waals surface area contributed by atoms with Crippen molar-refractivity contribution in [3.8, 4) is 0 Å². The molecule has 0 radical (unpaired) electrons. The fourth-order valence-corrected chi connectivity index (χ4v) is 6.68. The summed E-state index contributed by atoms with van der Waals surface area (Å²) in [5.41, 5.74) is 0. The molecular formula is C39H77O8P. The second-order valence-electron chi connectivity index (χ2n) is 13.7. The van der Waals surface area contributed by atoms with Crippen molar-refractivity contribution in [1.29, 1.82) is 0 Å².